The van der Waals surface area contributed by atoms with Crippen molar-refractivity contribution in [2.75, 3.05) is 5.32 Å². The van der Waals surface area contributed by atoms with E-state index in [9.17, 15) is 13.2 Å². The molecular weight excluding hydrogens is 319 g/mol. The van der Waals surface area contributed by atoms with Crippen LogP contribution in [0.2, 0.25) is 0 Å². The largest absolute Gasteiger partial charge is 0.416 e. The van der Waals surface area contributed by atoms with Crippen LogP contribution in [-0.2, 0) is 12.7 Å². The van der Waals surface area contributed by atoms with Crippen molar-refractivity contribution in [1.82, 2.24) is 0 Å². The number of benzene rings is 2. The Hall–Kier alpha value is -1.49. The molecule has 100 valence electrons. The summed E-state index contributed by atoms with van der Waals surface area (Å²) < 4.78 is 38.6. The first-order chi connectivity index (χ1) is 8.97. The number of hydrogen-bond acceptors (Lipinski definition) is 1. The standard InChI is InChI=1S/C14H11BrF3N/c15-13-7-2-1-4-10(13)9-19-12-6-3-5-11(8-12)14(16,17)18/h1-8,19H,9H2. The van der Waals surface area contributed by atoms with E-state index in [-0.39, 0.29) is 0 Å². The van der Waals surface area contributed by atoms with Crippen LogP contribution >= 0.6 is 15.9 Å². The van der Waals surface area contributed by atoms with Gasteiger partial charge in [0, 0.05) is 16.7 Å². The molecule has 0 bridgehead atoms. The quantitative estimate of drug-likeness (QED) is 0.827. The highest BCUT2D eigenvalue weighted by Gasteiger charge is 2.30. The molecule has 0 aromatic heterocycles. The zero-order chi connectivity index (χ0) is 13.9. The maximum atomic E-state index is 12.6. The van der Waals surface area contributed by atoms with Gasteiger partial charge in [0.05, 0.1) is 5.56 Å². The molecular formula is C14H11BrF3N. The lowest BCUT2D eigenvalue weighted by molar-refractivity contribution is -0.137. The summed E-state index contributed by atoms with van der Waals surface area (Å²) in [6.07, 6.45) is -4.31. The summed E-state index contributed by atoms with van der Waals surface area (Å²) in [6, 6.07) is 12.7. The van der Waals surface area contributed by atoms with Crippen LogP contribution in [0.3, 0.4) is 0 Å². The first kappa shape index (κ1) is 13.9. The maximum Gasteiger partial charge on any atom is 0.416 e. The summed E-state index contributed by atoms with van der Waals surface area (Å²) in [5.74, 6) is 0. The average molecular weight is 330 g/mol. The highest BCUT2D eigenvalue weighted by Crippen LogP contribution is 2.30. The van der Waals surface area contributed by atoms with Crippen molar-refractivity contribution in [3.8, 4) is 0 Å². The molecule has 19 heavy (non-hydrogen) atoms. The molecule has 2 aromatic carbocycles. The molecule has 0 fully saturated rings. The lowest BCUT2D eigenvalue weighted by Gasteiger charge is -2.11. The molecule has 0 spiro atoms. The first-order valence-electron chi connectivity index (χ1n) is 5.61. The second-order valence-corrected chi connectivity index (χ2v) is 4.88. The monoisotopic (exact) mass is 329 g/mol. The molecule has 0 radical (unpaired) electrons. The molecule has 0 unspecified atom stereocenters. The molecule has 1 nitrogen and oxygen atoms in total. The van der Waals surface area contributed by atoms with Crippen LogP contribution in [0, 0.1) is 0 Å². The molecule has 5 heteroatoms. The van der Waals surface area contributed by atoms with Gasteiger partial charge in [-0.3, -0.25) is 0 Å². The first-order valence-corrected chi connectivity index (χ1v) is 6.40. The summed E-state index contributed by atoms with van der Waals surface area (Å²) in [5, 5.41) is 2.98. The minimum Gasteiger partial charge on any atom is -0.381 e. The van der Waals surface area contributed by atoms with E-state index in [0.717, 1.165) is 22.2 Å². The van der Waals surface area contributed by atoms with Gasteiger partial charge < -0.3 is 5.32 Å². The van der Waals surface area contributed by atoms with Gasteiger partial charge in [0.25, 0.3) is 0 Å². The zero-order valence-electron chi connectivity index (χ0n) is 9.84. The van der Waals surface area contributed by atoms with Gasteiger partial charge in [-0.15, -0.1) is 0 Å². The van der Waals surface area contributed by atoms with Crippen LogP contribution in [0.1, 0.15) is 11.1 Å². The van der Waals surface area contributed by atoms with E-state index < -0.39 is 11.7 Å². The third-order valence-corrected chi connectivity index (χ3v) is 3.40. The molecule has 0 heterocycles. The fourth-order valence-corrected chi connectivity index (χ4v) is 2.07. The molecule has 0 aliphatic carbocycles. The maximum absolute atomic E-state index is 12.6. The van der Waals surface area contributed by atoms with Crippen LogP contribution in [0.15, 0.2) is 53.0 Å². The van der Waals surface area contributed by atoms with Gasteiger partial charge in [-0.1, -0.05) is 40.2 Å². The Balaban J connectivity index is 2.10. The Labute approximate surface area is 117 Å². The Morgan fingerprint density at radius 3 is 2.42 bits per heavy atom. The van der Waals surface area contributed by atoms with Gasteiger partial charge in [-0.05, 0) is 29.8 Å². The Morgan fingerprint density at radius 2 is 1.74 bits per heavy atom. The topological polar surface area (TPSA) is 12.0 Å². The van der Waals surface area contributed by atoms with Crippen LogP contribution in [-0.4, -0.2) is 0 Å². The van der Waals surface area contributed by atoms with Crippen LogP contribution in [0.5, 0.6) is 0 Å². The Kier molecular flexibility index (Phi) is 4.14. The lowest BCUT2D eigenvalue weighted by atomic mass is 10.2. The third-order valence-electron chi connectivity index (χ3n) is 2.63. The molecule has 0 atom stereocenters. The minimum absolute atomic E-state index is 0.450. The van der Waals surface area contributed by atoms with Crippen LogP contribution in [0.4, 0.5) is 18.9 Å². The lowest BCUT2D eigenvalue weighted by Crippen LogP contribution is -2.06. The molecule has 0 aliphatic heterocycles. The van der Waals surface area contributed by atoms with Crippen molar-refractivity contribution in [2.45, 2.75) is 12.7 Å². The van der Waals surface area contributed by atoms with Crippen molar-refractivity contribution in [2.24, 2.45) is 0 Å². The van der Waals surface area contributed by atoms with E-state index in [1.807, 2.05) is 24.3 Å². The van der Waals surface area contributed by atoms with E-state index in [2.05, 4.69) is 21.2 Å². The molecule has 0 saturated carbocycles. The normalized spacial score (nSPS) is 11.4. The molecule has 0 saturated heterocycles. The fourth-order valence-electron chi connectivity index (χ4n) is 1.64. The predicted molar refractivity (Wildman–Crippen MR) is 72.9 cm³/mol. The van der Waals surface area contributed by atoms with Crippen molar-refractivity contribution in [3.63, 3.8) is 0 Å². The van der Waals surface area contributed by atoms with E-state index in [4.69, 9.17) is 0 Å². The number of anilines is 1. The summed E-state index contributed by atoms with van der Waals surface area (Å²) in [6.45, 7) is 0.461. The molecule has 2 aromatic rings. The van der Waals surface area contributed by atoms with E-state index >= 15 is 0 Å². The van der Waals surface area contributed by atoms with E-state index in [1.165, 1.54) is 6.07 Å². The number of rotatable bonds is 3. The second kappa shape index (κ2) is 5.65. The van der Waals surface area contributed by atoms with Gasteiger partial charge in [-0.2, -0.15) is 13.2 Å². The smallest absolute Gasteiger partial charge is 0.381 e. The van der Waals surface area contributed by atoms with Gasteiger partial charge in [0.2, 0.25) is 0 Å². The van der Waals surface area contributed by atoms with E-state index in [1.54, 1.807) is 6.07 Å². The van der Waals surface area contributed by atoms with Crippen molar-refractivity contribution in [3.05, 3.63) is 64.1 Å². The number of nitrogens with one attached hydrogen (secondary N) is 1. The third kappa shape index (κ3) is 3.73. The summed E-state index contributed by atoms with van der Waals surface area (Å²) >= 11 is 3.40. The molecule has 1 N–H and O–H groups in total. The van der Waals surface area contributed by atoms with Gasteiger partial charge in [0.1, 0.15) is 0 Å². The Bertz CT molecular complexity index is 567. The Morgan fingerprint density at radius 1 is 1.00 bits per heavy atom. The average Bonchev–Trinajstić information content (AvgIpc) is 2.37. The molecule has 2 rings (SSSR count). The van der Waals surface area contributed by atoms with Crippen LogP contribution < -0.4 is 5.32 Å². The number of alkyl halides is 3. The zero-order valence-corrected chi connectivity index (χ0v) is 11.4. The minimum atomic E-state index is -4.31. The SMILES string of the molecule is FC(F)(F)c1cccc(NCc2ccccc2Br)c1. The van der Waals surface area contributed by atoms with Crippen molar-refractivity contribution in [1.29, 1.82) is 0 Å². The highest BCUT2D eigenvalue weighted by molar-refractivity contribution is 9.10. The van der Waals surface area contributed by atoms with Crippen LogP contribution in [0.25, 0.3) is 0 Å². The highest BCUT2D eigenvalue weighted by atomic mass is 79.9. The van der Waals surface area contributed by atoms with Gasteiger partial charge in [-0.25, -0.2) is 0 Å². The molecule has 0 aliphatic rings. The fraction of sp³-hybridized carbons (Fsp3) is 0.143. The van der Waals surface area contributed by atoms with Gasteiger partial charge in [0.15, 0.2) is 0 Å². The van der Waals surface area contributed by atoms with Gasteiger partial charge >= 0.3 is 6.18 Å². The number of halogens is 4. The summed E-state index contributed by atoms with van der Waals surface area (Å²) in [4.78, 5) is 0. The summed E-state index contributed by atoms with van der Waals surface area (Å²) in [5.41, 5.74) is 0.787. The molecule has 0 amide bonds. The van der Waals surface area contributed by atoms with Crippen molar-refractivity contribution >= 4 is 21.6 Å². The van der Waals surface area contributed by atoms with E-state index in [0.29, 0.717) is 12.2 Å². The number of hydrogen-bond donors (Lipinski definition) is 1. The van der Waals surface area contributed by atoms with Crippen molar-refractivity contribution < 1.29 is 13.2 Å². The predicted octanol–water partition coefficient (Wildman–Crippen LogP) is 5.08. The summed E-state index contributed by atoms with van der Waals surface area (Å²) in [7, 11) is 0. The second-order valence-electron chi connectivity index (χ2n) is 4.02.